The molecule has 4 rings (SSSR count). The Bertz CT molecular complexity index is 980. The first-order chi connectivity index (χ1) is 14.2. The van der Waals surface area contributed by atoms with E-state index in [0.29, 0.717) is 5.69 Å². The Hall–Kier alpha value is -2.77. The van der Waals surface area contributed by atoms with E-state index in [-0.39, 0.29) is 43.1 Å². The van der Waals surface area contributed by atoms with Gasteiger partial charge in [-0.3, -0.25) is 19.5 Å². The van der Waals surface area contributed by atoms with Crippen LogP contribution in [0.1, 0.15) is 48.3 Å². The van der Waals surface area contributed by atoms with E-state index >= 15 is 0 Å². The van der Waals surface area contributed by atoms with Crippen LogP contribution in [0.25, 0.3) is 0 Å². The highest BCUT2D eigenvalue weighted by Crippen LogP contribution is 2.53. The average molecular weight is 417 g/mol. The van der Waals surface area contributed by atoms with Crippen LogP contribution >= 0.6 is 0 Å². The summed E-state index contributed by atoms with van der Waals surface area (Å²) in [5.41, 5.74) is -0.296. The zero-order valence-electron chi connectivity index (χ0n) is 16.6. The number of carbonyl (C=O) groups is 2. The molecule has 3 heterocycles. The van der Waals surface area contributed by atoms with Crippen LogP contribution in [0.3, 0.4) is 0 Å². The van der Waals surface area contributed by atoms with Gasteiger partial charge in [-0.2, -0.15) is 0 Å². The number of hydrogen-bond acceptors (Lipinski definition) is 4. The molecular formula is C22H22F3N3O2. The van der Waals surface area contributed by atoms with Crippen LogP contribution in [0.4, 0.5) is 19.0 Å². The van der Waals surface area contributed by atoms with Crippen molar-refractivity contribution >= 4 is 17.5 Å². The Morgan fingerprint density at radius 3 is 2.73 bits per heavy atom. The van der Waals surface area contributed by atoms with E-state index in [1.165, 1.54) is 17.0 Å². The molecule has 1 amide bonds. The van der Waals surface area contributed by atoms with E-state index in [2.05, 4.69) is 9.97 Å². The Labute approximate surface area is 172 Å². The number of ketones is 1. The normalized spacial score (nSPS) is 25.7. The number of rotatable bonds is 4. The van der Waals surface area contributed by atoms with Gasteiger partial charge in [0.15, 0.2) is 5.78 Å². The maximum atomic E-state index is 14.7. The summed E-state index contributed by atoms with van der Waals surface area (Å²) in [6, 6.07) is 7.61. The van der Waals surface area contributed by atoms with Crippen LogP contribution in [0.5, 0.6) is 0 Å². The lowest BCUT2D eigenvalue weighted by Gasteiger charge is -2.40. The van der Waals surface area contributed by atoms with Crippen molar-refractivity contribution in [3.05, 3.63) is 53.7 Å². The second kappa shape index (κ2) is 7.49. The number of alkyl halides is 2. The summed E-state index contributed by atoms with van der Waals surface area (Å²) in [7, 11) is 0. The van der Waals surface area contributed by atoms with Gasteiger partial charge in [-0.05, 0) is 49.9 Å². The lowest BCUT2D eigenvalue weighted by molar-refractivity contribution is -0.143. The Kier molecular flexibility index (Phi) is 5.11. The van der Waals surface area contributed by atoms with Gasteiger partial charge < -0.3 is 0 Å². The van der Waals surface area contributed by atoms with Crippen molar-refractivity contribution in [1.29, 1.82) is 0 Å². The van der Waals surface area contributed by atoms with Gasteiger partial charge in [-0.1, -0.05) is 6.07 Å². The number of halogens is 3. The summed E-state index contributed by atoms with van der Waals surface area (Å²) < 4.78 is 42.5. The quantitative estimate of drug-likeness (QED) is 0.694. The van der Waals surface area contributed by atoms with Gasteiger partial charge in [0.2, 0.25) is 11.8 Å². The summed E-state index contributed by atoms with van der Waals surface area (Å²) in [6.45, 7) is 2.00. The van der Waals surface area contributed by atoms with Crippen molar-refractivity contribution < 1.29 is 22.8 Å². The molecule has 1 saturated heterocycles. The largest absolute Gasteiger partial charge is 0.296 e. The van der Waals surface area contributed by atoms with Crippen molar-refractivity contribution in [3.8, 4) is 0 Å². The zero-order valence-corrected chi connectivity index (χ0v) is 16.6. The second-order valence-electron chi connectivity index (χ2n) is 8.42. The molecule has 0 radical (unpaired) electrons. The predicted octanol–water partition coefficient (Wildman–Crippen LogP) is 4.36. The van der Waals surface area contributed by atoms with Gasteiger partial charge >= 0.3 is 0 Å². The Morgan fingerprint density at radius 1 is 1.23 bits per heavy atom. The van der Waals surface area contributed by atoms with E-state index in [0.717, 1.165) is 6.20 Å². The number of Topliss-reactive ketones (excluding diaryl/α,β-unsaturated/α-hetero) is 1. The third-order valence-corrected chi connectivity index (χ3v) is 6.01. The fourth-order valence-corrected chi connectivity index (χ4v) is 4.82. The smallest absolute Gasteiger partial charge is 0.249 e. The molecule has 1 aliphatic heterocycles. The molecule has 2 atom stereocenters. The summed E-state index contributed by atoms with van der Waals surface area (Å²) in [5.74, 6) is -4.65. The van der Waals surface area contributed by atoms with Gasteiger partial charge in [-0.15, -0.1) is 0 Å². The number of anilines is 1. The van der Waals surface area contributed by atoms with Gasteiger partial charge in [-0.25, -0.2) is 18.2 Å². The summed E-state index contributed by atoms with van der Waals surface area (Å²) in [5, 5.41) is 0. The first-order valence-corrected chi connectivity index (χ1v) is 9.96. The van der Waals surface area contributed by atoms with Gasteiger partial charge in [0.1, 0.15) is 17.3 Å². The van der Waals surface area contributed by atoms with Crippen molar-refractivity contribution in [1.82, 2.24) is 9.97 Å². The highest BCUT2D eigenvalue weighted by molar-refractivity contribution is 5.99. The summed E-state index contributed by atoms with van der Waals surface area (Å²) in [6.07, 6.45) is 0.443. The molecule has 30 heavy (non-hydrogen) atoms. The van der Waals surface area contributed by atoms with E-state index < -0.39 is 41.8 Å². The maximum absolute atomic E-state index is 14.7. The average Bonchev–Trinajstić information content (AvgIpc) is 2.96. The van der Waals surface area contributed by atoms with Crippen LogP contribution in [0, 0.1) is 24.1 Å². The van der Waals surface area contributed by atoms with Crippen molar-refractivity contribution in [2.45, 2.75) is 45.0 Å². The number of carbonyl (C=O) groups excluding carboxylic acids is 2. The lowest BCUT2D eigenvalue weighted by Crippen LogP contribution is -2.45. The number of aromatic nitrogens is 2. The number of amides is 1. The van der Waals surface area contributed by atoms with Crippen LogP contribution in [-0.4, -0.2) is 34.1 Å². The highest BCUT2D eigenvalue weighted by atomic mass is 19.3. The number of aryl methyl sites for hydroxylation is 1. The third kappa shape index (κ3) is 3.95. The van der Waals surface area contributed by atoms with Crippen molar-refractivity contribution in [2.75, 3.05) is 11.4 Å². The molecule has 5 nitrogen and oxygen atoms in total. The molecule has 2 aromatic rings. The molecule has 2 aromatic heterocycles. The highest BCUT2D eigenvalue weighted by Gasteiger charge is 2.57. The van der Waals surface area contributed by atoms with E-state index in [9.17, 15) is 22.8 Å². The minimum atomic E-state index is -3.04. The lowest BCUT2D eigenvalue weighted by atomic mass is 9.66. The molecule has 8 heteroatoms. The molecule has 1 aliphatic carbocycles. The molecule has 0 aromatic carbocycles. The van der Waals surface area contributed by atoms with Crippen LogP contribution in [-0.2, 0) is 4.79 Å². The second-order valence-corrected chi connectivity index (χ2v) is 8.42. The van der Waals surface area contributed by atoms with Crippen molar-refractivity contribution in [2.24, 2.45) is 11.3 Å². The van der Waals surface area contributed by atoms with Crippen LogP contribution < -0.4 is 4.90 Å². The van der Waals surface area contributed by atoms with E-state index in [4.69, 9.17) is 0 Å². The van der Waals surface area contributed by atoms with Gasteiger partial charge in [0.05, 0.1) is 11.6 Å². The third-order valence-electron chi connectivity index (χ3n) is 6.01. The molecule has 1 spiro atoms. The molecule has 1 saturated carbocycles. The zero-order chi connectivity index (χ0) is 21.5. The maximum Gasteiger partial charge on any atom is 0.249 e. The van der Waals surface area contributed by atoms with Crippen molar-refractivity contribution in [3.63, 3.8) is 0 Å². The van der Waals surface area contributed by atoms with Crippen LogP contribution in [0.15, 0.2) is 36.5 Å². The molecule has 0 unspecified atom stereocenters. The monoisotopic (exact) mass is 417 g/mol. The Balaban J connectivity index is 1.54. The fraction of sp³-hybridized carbons (Fsp3) is 0.455. The molecular weight excluding hydrogens is 395 g/mol. The SMILES string of the molecule is Cc1cccc(C(=O)C[C@@H]2CC(F)(F)C[C@@]3(CCN(c4ccc(F)cn4)C3=O)C2)n1. The number of hydrogen-bond donors (Lipinski definition) is 0. The number of pyridine rings is 2. The number of nitrogens with zero attached hydrogens (tertiary/aromatic N) is 3. The Morgan fingerprint density at radius 2 is 2.03 bits per heavy atom. The summed E-state index contributed by atoms with van der Waals surface area (Å²) >= 11 is 0. The first-order valence-electron chi connectivity index (χ1n) is 9.96. The molecule has 0 bridgehead atoms. The topological polar surface area (TPSA) is 63.2 Å². The molecule has 2 fully saturated rings. The van der Waals surface area contributed by atoms with Crippen LogP contribution in [0.2, 0.25) is 0 Å². The van der Waals surface area contributed by atoms with Gasteiger partial charge in [0.25, 0.3) is 0 Å². The molecule has 0 N–H and O–H groups in total. The summed E-state index contributed by atoms with van der Waals surface area (Å²) in [4.78, 5) is 35.2. The minimum absolute atomic E-state index is 0.0735. The standard InChI is InChI=1S/C22H22F3N3O2/c1-14-3-2-4-17(27-14)18(29)9-15-10-21(13-22(24,25)11-15)7-8-28(20(21)30)19-6-5-16(23)12-26-19/h2-6,12,15H,7-11,13H2,1H3/t15-,21+/m0/s1. The van der Waals surface area contributed by atoms with E-state index in [1.807, 2.05) is 0 Å². The predicted molar refractivity (Wildman–Crippen MR) is 104 cm³/mol. The van der Waals surface area contributed by atoms with E-state index in [1.54, 1.807) is 25.1 Å². The fourth-order valence-electron chi connectivity index (χ4n) is 4.82. The molecule has 2 aliphatic rings. The minimum Gasteiger partial charge on any atom is -0.296 e. The van der Waals surface area contributed by atoms with Gasteiger partial charge in [0, 0.05) is 31.5 Å². The first kappa shape index (κ1) is 20.5. The molecule has 158 valence electrons.